The third-order valence-corrected chi connectivity index (χ3v) is 2.16. The standard InChI is InChI=1S/C12H13Cl/c1-4-12(9(2)3)10-5-7-11(13)8-6-10/h4-8H,2H2,1,3H3/b12-4+. The van der Waals surface area contributed by atoms with Crippen LogP contribution in [-0.2, 0) is 0 Å². The molecule has 0 atom stereocenters. The molecule has 68 valence electrons. The predicted octanol–water partition coefficient (Wildman–Crippen LogP) is 4.32. The van der Waals surface area contributed by atoms with Crippen LogP contribution in [0.15, 0.2) is 42.5 Å². The SMILES string of the molecule is C=C(C)/C(=C\C)c1ccc(Cl)cc1. The van der Waals surface area contributed by atoms with E-state index < -0.39 is 0 Å². The molecule has 1 rings (SSSR count). The van der Waals surface area contributed by atoms with Crippen LogP contribution in [0.2, 0.25) is 5.02 Å². The summed E-state index contributed by atoms with van der Waals surface area (Å²) in [6, 6.07) is 7.80. The number of allylic oxidation sites excluding steroid dienone is 3. The minimum absolute atomic E-state index is 0.765. The Morgan fingerprint density at radius 3 is 2.23 bits per heavy atom. The molecule has 0 saturated carbocycles. The number of rotatable bonds is 2. The van der Waals surface area contributed by atoms with Crippen LogP contribution < -0.4 is 0 Å². The van der Waals surface area contributed by atoms with Crippen molar-refractivity contribution in [3.8, 4) is 0 Å². The van der Waals surface area contributed by atoms with Gasteiger partial charge in [0.2, 0.25) is 0 Å². The van der Waals surface area contributed by atoms with E-state index in [1.165, 1.54) is 11.1 Å². The zero-order valence-corrected chi connectivity index (χ0v) is 8.73. The number of halogens is 1. The van der Waals surface area contributed by atoms with Crippen LogP contribution in [0.4, 0.5) is 0 Å². The molecule has 1 aromatic carbocycles. The molecule has 0 aliphatic heterocycles. The highest BCUT2D eigenvalue weighted by Crippen LogP contribution is 2.22. The van der Waals surface area contributed by atoms with Crippen LogP contribution in [0.1, 0.15) is 19.4 Å². The van der Waals surface area contributed by atoms with Crippen molar-refractivity contribution in [2.45, 2.75) is 13.8 Å². The highest BCUT2D eigenvalue weighted by Gasteiger charge is 1.99. The zero-order chi connectivity index (χ0) is 9.84. The van der Waals surface area contributed by atoms with Crippen molar-refractivity contribution in [2.75, 3.05) is 0 Å². The highest BCUT2D eigenvalue weighted by molar-refractivity contribution is 6.30. The van der Waals surface area contributed by atoms with Gasteiger partial charge >= 0.3 is 0 Å². The van der Waals surface area contributed by atoms with Gasteiger partial charge in [0.15, 0.2) is 0 Å². The van der Waals surface area contributed by atoms with E-state index in [0.717, 1.165) is 10.6 Å². The van der Waals surface area contributed by atoms with Crippen molar-refractivity contribution >= 4 is 17.2 Å². The molecule has 0 amide bonds. The maximum Gasteiger partial charge on any atom is 0.0406 e. The maximum atomic E-state index is 5.80. The summed E-state index contributed by atoms with van der Waals surface area (Å²) in [5.41, 5.74) is 3.42. The molecule has 0 bridgehead atoms. The molecule has 0 saturated heterocycles. The van der Waals surface area contributed by atoms with Gasteiger partial charge in [0.25, 0.3) is 0 Å². The lowest BCUT2D eigenvalue weighted by molar-refractivity contribution is 1.50. The van der Waals surface area contributed by atoms with Crippen LogP contribution in [0.25, 0.3) is 5.57 Å². The Balaban J connectivity index is 3.07. The minimum atomic E-state index is 0.765. The van der Waals surface area contributed by atoms with E-state index in [9.17, 15) is 0 Å². The van der Waals surface area contributed by atoms with E-state index in [-0.39, 0.29) is 0 Å². The largest absolute Gasteiger partial charge is 0.0955 e. The second kappa shape index (κ2) is 4.29. The van der Waals surface area contributed by atoms with Crippen molar-refractivity contribution in [2.24, 2.45) is 0 Å². The van der Waals surface area contributed by atoms with Gasteiger partial charge in [-0.15, -0.1) is 0 Å². The van der Waals surface area contributed by atoms with E-state index >= 15 is 0 Å². The summed E-state index contributed by atoms with van der Waals surface area (Å²) in [6.45, 7) is 7.94. The topological polar surface area (TPSA) is 0 Å². The van der Waals surface area contributed by atoms with Crippen LogP contribution in [0, 0.1) is 0 Å². The first-order valence-electron chi connectivity index (χ1n) is 4.23. The lowest BCUT2D eigenvalue weighted by Crippen LogP contribution is -1.84. The van der Waals surface area contributed by atoms with Gasteiger partial charge in [-0.25, -0.2) is 0 Å². The first-order chi connectivity index (χ1) is 6.15. The Kier molecular flexibility index (Phi) is 3.32. The number of benzene rings is 1. The molecule has 0 aliphatic carbocycles. The Morgan fingerprint density at radius 2 is 1.85 bits per heavy atom. The fourth-order valence-electron chi connectivity index (χ4n) is 1.29. The van der Waals surface area contributed by atoms with Gasteiger partial charge in [-0.1, -0.05) is 42.0 Å². The van der Waals surface area contributed by atoms with Gasteiger partial charge in [-0.3, -0.25) is 0 Å². The van der Waals surface area contributed by atoms with E-state index in [2.05, 4.69) is 12.7 Å². The molecule has 0 heterocycles. The third kappa shape index (κ3) is 2.46. The summed E-state index contributed by atoms with van der Waals surface area (Å²) in [5, 5.41) is 0.765. The fraction of sp³-hybridized carbons (Fsp3) is 0.167. The quantitative estimate of drug-likeness (QED) is 0.613. The molecule has 0 radical (unpaired) electrons. The molecule has 0 spiro atoms. The Bertz CT molecular complexity index is 331. The Morgan fingerprint density at radius 1 is 1.31 bits per heavy atom. The second-order valence-corrected chi connectivity index (χ2v) is 3.43. The lowest BCUT2D eigenvalue weighted by Gasteiger charge is -2.06. The molecule has 0 fully saturated rings. The normalized spacial score (nSPS) is 11.5. The van der Waals surface area contributed by atoms with Crippen LogP contribution in [0.5, 0.6) is 0 Å². The predicted molar refractivity (Wildman–Crippen MR) is 59.9 cm³/mol. The summed E-state index contributed by atoms with van der Waals surface area (Å²) in [6.07, 6.45) is 2.06. The van der Waals surface area contributed by atoms with E-state index in [1.54, 1.807) is 0 Å². The van der Waals surface area contributed by atoms with Crippen molar-refractivity contribution in [3.05, 3.63) is 53.1 Å². The molecular formula is C12H13Cl. The summed E-state index contributed by atoms with van der Waals surface area (Å²) in [4.78, 5) is 0. The van der Waals surface area contributed by atoms with E-state index in [4.69, 9.17) is 11.6 Å². The van der Waals surface area contributed by atoms with Crippen molar-refractivity contribution < 1.29 is 0 Å². The van der Waals surface area contributed by atoms with Crippen LogP contribution in [-0.4, -0.2) is 0 Å². The van der Waals surface area contributed by atoms with Gasteiger partial charge in [-0.2, -0.15) is 0 Å². The Hall–Kier alpha value is -1.01. The first kappa shape index (κ1) is 10.1. The molecular weight excluding hydrogens is 180 g/mol. The summed E-state index contributed by atoms with van der Waals surface area (Å²) in [5.74, 6) is 0. The smallest absolute Gasteiger partial charge is 0.0406 e. The van der Waals surface area contributed by atoms with Crippen LogP contribution in [0.3, 0.4) is 0 Å². The van der Waals surface area contributed by atoms with Gasteiger partial charge in [0.1, 0.15) is 0 Å². The molecule has 0 aromatic heterocycles. The number of hydrogen-bond donors (Lipinski definition) is 0. The molecule has 0 aliphatic rings. The van der Waals surface area contributed by atoms with E-state index in [0.29, 0.717) is 0 Å². The van der Waals surface area contributed by atoms with Gasteiger partial charge in [0.05, 0.1) is 0 Å². The highest BCUT2D eigenvalue weighted by atomic mass is 35.5. The molecule has 1 aromatic rings. The molecule has 0 nitrogen and oxygen atoms in total. The summed E-state index contributed by atoms with van der Waals surface area (Å²) in [7, 11) is 0. The average molecular weight is 193 g/mol. The van der Waals surface area contributed by atoms with E-state index in [1.807, 2.05) is 38.1 Å². The Labute approximate surface area is 84.5 Å². The third-order valence-electron chi connectivity index (χ3n) is 1.90. The van der Waals surface area contributed by atoms with Crippen LogP contribution >= 0.6 is 11.6 Å². The summed E-state index contributed by atoms with van der Waals surface area (Å²) < 4.78 is 0. The van der Waals surface area contributed by atoms with Gasteiger partial charge in [0, 0.05) is 5.02 Å². The van der Waals surface area contributed by atoms with Gasteiger partial charge in [-0.05, 0) is 37.1 Å². The first-order valence-corrected chi connectivity index (χ1v) is 4.61. The summed E-state index contributed by atoms with van der Waals surface area (Å²) >= 11 is 5.80. The molecule has 1 heteroatoms. The average Bonchev–Trinajstić information content (AvgIpc) is 2.09. The molecule has 13 heavy (non-hydrogen) atoms. The molecule has 0 unspecified atom stereocenters. The lowest BCUT2D eigenvalue weighted by atomic mass is 10.0. The van der Waals surface area contributed by atoms with Crippen molar-refractivity contribution in [1.82, 2.24) is 0 Å². The van der Waals surface area contributed by atoms with Gasteiger partial charge < -0.3 is 0 Å². The maximum absolute atomic E-state index is 5.80. The monoisotopic (exact) mass is 192 g/mol. The second-order valence-electron chi connectivity index (χ2n) is 2.99. The molecule has 0 N–H and O–H groups in total. The fourth-order valence-corrected chi connectivity index (χ4v) is 1.41. The minimum Gasteiger partial charge on any atom is -0.0955 e. The van der Waals surface area contributed by atoms with Crippen molar-refractivity contribution in [1.29, 1.82) is 0 Å². The zero-order valence-electron chi connectivity index (χ0n) is 7.97. The van der Waals surface area contributed by atoms with Crippen molar-refractivity contribution in [3.63, 3.8) is 0 Å². The number of hydrogen-bond acceptors (Lipinski definition) is 0.